The van der Waals surface area contributed by atoms with E-state index in [1.54, 1.807) is 24.3 Å². The first kappa shape index (κ1) is 14.2. The molecule has 0 fully saturated rings. The largest absolute Gasteiger partial charge is 0.480 e. The maximum Gasteiger partial charge on any atom is 0.320 e. The molecule has 0 aliphatic rings. The van der Waals surface area contributed by atoms with Crippen molar-refractivity contribution >= 4 is 17.6 Å². The number of hydrogen-bond acceptors (Lipinski definition) is 3. The molecule has 0 aliphatic carbocycles. The highest BCUT2D eigenvalue weighted by Crippen LogP contribution is 2.12. The molecule has 18 heavy (non-hydrogen) atoms. The van der Waals surface area contributed by atoms with E-state index in [1.807, 2.05) is 13.8 Å². The van der Waals surface area contributed by atoms with Crippen LogP contribution in [0.2, 0.25) is 0 Å². The Labute approximate surface area is 106 Å². The Balaban J connectivity index is 2.63. The summed E-state index contributed by atoms with van der Waals surface area (Å²) in [6.07, 6.45) is 0.272. The van der Waals surface area contributed by atoms with E-state index in [1.165, 1.54) is 0 Å². The standard InChI is InChI=1S/C13H18N2O3/c1-8(2)12(16)15-10-5-3-9(4-6-10)7-11(14)13(17)18/h3-6,8,11H,7,14H2,1-2H3,(H,15,16)(H,17,18)/t11-/m0/s1. The van der Waals surface area contributed by atoms with Crippen LogP contribution in [0.3, 0.4) is 0 Å². The number of aliphatic carboxylic acids is 1. The van der Waals surface area contributed by atoms with Crippen LogP contribution in [0.1, 0.15) is 19.4 Å². The molecule has 1 amide bonds. The zero-order valence-electron chi connectivity index (χ0n) is 10.5. The second-order valence-corrected chi connectivity index (χ2v) is 4.49. The molecule has 5 heteroatoms. The van der Waals surface area contributed by atoms with Gasteiger partial charge in [-0.3, -0.25) is 9.59 Å². The van der Waals surface area contributed by atoms with E-state index in [2.05, 4.69) is 5.32 Å². The Bertz CT molecular complexity index is 426. The van der Waals surface area contributed by atoms with Crippen molar-refractivity contribution in [3.8, 4) is 0 Å². The normalized spacial score (nSPS) is 12.2. The molecule has 1 aromatic rings. The lowest BCUT2D eigenvalue weighted by Gasteiger charge is -2.09. The highest BCUT2D eigenvalue weighted by atomic mass is 16.4. The predicted molar refractivity (Wildman–Crippen MR) is 69.2 cm³/mol. The monoisotopic (exact) mass is 250 g/mol. The summed E-state index contributed by atoms with van der Waals surface area (Å²) in [4.78, 5) is 22.1. The summed E-state index contributed by atoms with van der Waals surface area (Å²) >= 11 is 0. The molecule has 4 N–H and O–H groups in total. The van der Waals surface area contributed by atoms with Crippen molar-refractivity contribution in [2.24, 2.45) is 11.7 Å². The number of carboxylic acid groups (broad SMARTS) is 1. The van der Waals surface area contributed by atoms with Gasteiger partial charge >= 0.3 is 5.97 Å². The first-order valence-corrected chi connectivity index (χ1v) is 5.78. The summed E-state index contributed by atoms with van der Waals surface area (Å²) in [6, 6.07) is 6.10. The number of carbonyl (C=O) groups is 2. The van der Waals surface area contributed by atoms with Gasteiger partial charge in [0.05, 0.1) is 0 Å². The van der Waals surface area contributed by atoms with Crippen LogP contribution < -0.4 is 11.1 Å². The van der Waals surface area contributed by atoms with Crippen molar-refractivity contribution < 1.29 is 14.7 Å². The number of carboxylic acids is 1. The maximum absolute atomic E-state index is 11.5. The van der Waals surface area contributed by atoms with Gasteiger partial charge in [-0.25, -0.2) is 0 Å². The molecular formula is C13H18N2O3. The number of rotatable bonds is 5. The number of anilines is 1. The zero-order chi connectivity index (χ0) is 13.7. The lowest BCUT2D eigenvalue weighted by molar-refractivity contribution is -0.138. The summed E-state index contributed by atoms with van der Waals surface area (Å²) in [5.41, 5.74) is 6.96. The van der Waals surface area contributed by atoms with Crippen LogP contribution in [0.5, 0.6) is 0 Å². The average Bonchev–Trinajstić information content (AvgIpc) is 2.31. The first-order valence-electron chi connectivity index (χ1n) is 5.78. The van der Waals surface area contributed by atoms with Crippen molar-refractivity contribution in [2.45, 2.75) is 26.3 Å². The molecule has 0 aromatic heterocycles. The third kappa shape index (κ3) is 4.18. The Morgan fingerprint density at radius 1 is 1.28 bits per heavy atom. The third-order valence-electron chi connectivity index (χ3n) is 2.52. The number of nitrogens with one attached hydrogen (secondary N) is 1. The van der Waals surface area contributed by atoms with Crippen molar-refractivity contribution in [1.82, 2.24) is 0 Å². The maximum atomic E-state index is 11.5. The van der Waals surface area contributed by atoms with E-state index in [4.69, 9.17) is 10.8 Å². The number of carbonyl (C=O) groups excluding carboxylic acids is 1. The zero-order valence-corrected chi connectivity index (χ0v) is 10.5. The summed E-state index contributed by atoms with van der Waals surface area (Å²) in [7, 11) is 0. The molecule has 98 valence electrons. The summed E-state index contributed by atoms with van der Waals surface area (Å²) in [5.74, 6) is -1.15. The van der Waals surface area contributed by atoms with Crippen LogP contribution in [0.4, 0.5) is 5.69 Å². The number of nitrogens with two attached hydrogens (primary N) is 1. The Morgan fingerprint density at radius 2 is 1.83 bits per heavy atom. The molecule has 0 saturated heterocycles. The summed E-state index contributed by atoms with van der Waals surface area (Å²) < 4.78 is 0. The molecule has 1 aromatic carbocycles. The van der Waals surface area contributed by atoms with Gasteiger partial charge < -0.3 is 16.2 Å². The fourth-order valence-corrected chi connectivity index (χ4v) is 1.35. The fourth-order valence-electron chi connectivity index (χ4n) is 1.35. The van der Waals surface area contributed by atoms with E-state index >= 15 is 0 Å². The van der Waals surface area contributed by atoms with Crippen molar-refractivity contribution in [2.75, 3.05) is 5.32 Å². The fraction of sp³-hybridized carbons (Fsp3) is 0.385. The van der Waals surface area contributed by atoms with Crippen LogP contribution >= 0.6 is 0 Å². The van der Waals surface area contributed by atoms with Gasteiger partial charge in [0.15, 0.2) is 0 Å². The van der Waals surface area contributed by atoms with E-state index < -0.39 is 12.0 Å². The van der Waals surface area contributed by atoms with Crippen LogP contribution in [0.25, 0.3) is 0 Å². The predicted octanol–water partition coefficient (Wildman–Crippen LogP) is 1.24. The van der Waals surface area contributed by atoms with E-state index in [9.17, 15) is 9.59 Å². The number of amides is 1. The summed E-state index contributed by atoms with van der Waals surface area (Å²) in [5, 5.41) is 11.5. The van der Waals surface area contributed by atoms with Gasteiger partial charge in [0, 0.05) is 11.6 Å². The molecule has 0 spiro atoms. The van der Waals surface area contributed by atoms with E-state index in [0.29, 0.717) is 5.69 Å². The lowest BCUT2D eigenvalue weighted by atomic mass is 10.1. The van der Waals surface area contributed by atoms with Gasteiger partial charge in [0.1, 0.15) is 6.04 Å². The quantitative estimate of drug-likeness (QED) is 0.733. The van der Waals surface area contributed by atoms with Crippen molar-refractivity contribution in [3.05, 3.63) is 29.8 Å². The van der Waals surface area contributed by atoms with Gasteiger partial charge in [0.2, 0.25) is 5.91 Å². The van der Waals surface area contributed by atoms with Gasteiger partial charge in [-0.05, 0) is 24.1 Å². The molecule has 1 atom stereocenters. The highest BCUT2D eigenvalue weighted by molar-refractivity contribution is 5.92. The van der Waals surface area contributed by atoms with Crippen LogP contribution in [0, 0.1) is 5.92 Å². The van der Waals surface area contributed by atoms with Gasteiger partial charge in [0.25, 0.3) is 0 Å². The SMILES string of the molecule is CC(C)C(=O)Nc1ccc(C[C@H](N)C(=O)O)cc1. The number of benzene rings is 1. The van der Waals surface area contributed by atoms with Crippen molar-refractivity contribution in [3.63, 3.8) is 0 Å². The van der Waals surface area contributed by atoms with Crippen molar-refractivity contribution in [1.29, 1.82) is 0 Å². The second-order valence-electron chi connectivity index (χ2n) is 4.49. The van der Waals surface area contributed by atoms with Crippen LogP contribution in [-0.2, 0) is 16.0 Å². The third-order valence-corrected chi connectivity index (χ3v) is 2.52. The van der Waals surface area contributed by atoms with Gasteiger partial charge in [-0.1, -0.05) is 26.0 Å². The molecule has 0 aliphatic heterocycles. The average molecular weight is 250 g/mol. The van der Waals surface area contributed by atoms with Crippen LogP contribution in [0.15, 0.2) is 24.3 Å². The highest BCUT2D eigenvalue weighted by Gasteiger charge is 2.12. The Kier molecular flexibility index (Phi) is 4.85. The van der Waals surface area contributed by atoms with Gasteiger partial charge in [-0.2, -0.15) is 0 Å². The molecule has 5 nitrogen and oxygen atoms in total. The Hall–Kier alpha value is -1.88. The Morgan fingerprint density at radius 3 is 2.28 bits per heavy atom. The molecule has 0 bridgehead atoms. The molecular weight excluding hydrogens is 232 g/mol. The second kappa shape index (κ2) is 6.16. The minimum atomic E-state index is -1.02. The lowest BCUT2D eigenvalue weighted by Crippen LogP contribution is -2.32. The van der Waals surface area contributed by atoms with E-state index in [-0.39, 0.29) is 18.2 Å². The topological polar surface area (TPSA) is 92.4 Å². The van der Waals surface area contributed by atoms with Crippen LogP contribution in [-0.4, -0.2) is 23.0 Å². The molecule has 0 unspecified atom stereocenters. The smallest absolute Gasteiger partial charge is 0.320 e. The molecule has 1 rings (SSSR count). The number of hydrogen-bond donors (Lipinski definition) is 3. The molecule has 0 saturated carbocycles. The molecule has 0 heterocycles. The van der Waals surface area contributed by atoms with E-state index in [0.717, 1.165) is 5.56 Å². The van der Waals surface area contributed by atoms with Gasteiger partial charge in [-0.15, -0.1) is 0 Å². The summed E-state index contributed by atoms with van der Waals surface area (Å²) in [6.45, 7) is 3.63. The minimum absolute atomic E-state index is 0.0509. The minimum Gasteiger partial charge on any atom is -0.480 e. The molecule has 0 radical (unpaired) electrons. The first-order chi connectivity index (χ1) is 8.40.